The molecule has 0 fully saturated rings. The molecule has 0 aliphatic carbocycles. The fourth-order valence-electron chi connectivity index (χ4n) is 4.38. The van der Waals surface area contributed by atoms with E-state index in [2.05, 4.69) is 56.9 Å². The number of aliphatic imine (C=N–C) groups is 1. The topological polar surface area (TPSA) is 55.7 Å². The molecule has 0 amide bonds. The molecule has 0 saturated heterocycles. The third kappa shape index (κ3) is 4.72. The summed E-state index contributed by atoms with van der Waals surface area (Å²) in [5.41, 5.74) is 5.07. The third-order valence-corrected chi connectivity index (χ3v) is 7.79. The van der Waals surface area contributed by atoms with Crippen molar-refractivity contribution in [1.29, 1.82) is 0 Å². The van der Waals surface area contributed by atoms with Crippen LogP contribution in [-0.4, -0.2) is 36.5 Å². The van der Waals surface area contributed by atoms with Gasteiger partial charge in [-0.05, 0) is 51.7 Å². The number of fused-ring (bicyclic) bond motifs is 1. The minimum atomic E-state index is -2.16. The lowest BCUT2D eigenvalue weighted by Gasteiger charge is -2.29. The predicted octanol–water partition coefficient (Wildman–Crippen LogP) is 4.78. The van der Waals surface area contributed by atoms with Crippen LogP contribution < -0.4 is 0 Å². The SMILES string of the molecule is CC1SC(c2ccc(CN3CCc4cc(S(=O)[O-])ccc4C3)cc2)=NC1C(C)(C)C. The van der Waals surface area contributed by atoms with Gasteiger partial charge < -0.3 is 4.55 Å². The Morgan fingerprint density at radius 2 is 1.90 bits per heavy atom. The Bertz CT molecular complexity index is 980. The quantitative estimate of drug-likeness (QED) is 0.641. The van der Waals surface area contributed by atoms with E-state index < -0.39 is 11.1 Å². The molecule has 0 spiro atoms. The average molecular weight is 442 g/mol. The molecule has 6 heteroatoms. The fraction of sp³-hybridized carbons (Fsp3) is 0.458. The van der Waals surface area contributed by atoms with E-state index >= 15 is 0 Å². The molecule has 2 heterocycles. The monoisotopic (exact) mass is 441 g/mol. The van der Waals surface area contributed by atoms with Crippen LogP contribution in [0, 0.1) is 5.41 Å². The minimum Gasteiger partial charge on any atom is -0.768 e. The zero-order valence-electron chi connectivity index (χ0n) is 18.1. The van der Waals surface area contributed by atoms with Gasteiger partial charge in [0.1, 0.15) is 0 Å². The summed E-state index contributed by atoms with van der Waals surface area (Å²) in [6.07, 6.45) is 0.887. The number of nitrogens with zero attached hydrogens (tertiary/aromatic N) is 2. The second-order valence-corrected chi connectivity index (χ2v) is 11.7. The lowest BCUT2D eigenvalue weighted by Crippen LogP contribution is -2.30. The Morgan fingerprint density at radius 1 is 1.17 bits per heavy atom. The normalized spacial score (nSPS) is 23.2. The molecule has 0 N–H and O–H groups in total. The third-order valence-electron chi connectivity index (χ3n) is 5.95. The van der Waals surface area contributed by atoms with Gasteiger partial charge in [0.15, 0.2) is 0 Å². The van der Waals surface area contributed by atoms with E-state index in [0.29, 0.717) is 16.2 Å². The van der Waals surface area contributed by atoms with Crippen molar-refractivity contribution in [2.24, 2.45) is 10.4 Å². The lowest BCUT2D eigenvalue weighted by molar-refractivity contribution is 0.245. The molecule has 2 aliphatic rings. The highest BCUT2D eigenvalue weighted by Crippen LogP contribution is 2.39. The maximum Gasteiger partial charge on any atom is 0.0984 e. The first-order valence-corrected chi connectivity index (χ1v) is 12.4. The summed E-state index contributed by atoms with van der Waals surface area (Å²) in [7, 11) is 0. The number of benzene rings is 2. The molecular weight excluding hydrogens is 412 g/mol. The predicted molar refractivity (Wildman–Crippen MR) is 125 cm³/mol. The van der Waals surface area contributed by atoms with E-state index in [0.717, 1.165) is 36.7 Å². The van der Waals surface area contributed by atoms with E-state index in [9.17, 15) is 8.76 Å². The van der Waals surface area contributed by atoms with Crippen LogP contribution in [0.2, 0.25) is 0 Å². The molecular formula is C24H29N2O2S2-. The first kappa shape index (κ1) is 21.8. The Hall–Kier alpha value is -1.47. The number of hydrogen-bond acceptors (Lipinski definition) is 5. The van der Waals surface area contributed by atoms with Crippen LogP contribution in [0.5, 0.6) is 0 Å². The standard InChI is InChI=1S/C24H30N2O2S2/c1-16-22(24(2,3)4)25-23(29-16)18-7-5-17(6-8-18)14-26-12-11-19-13-21(30(27)28)10-9-20(19)15-26/h5-10,13,16,22H,11-12,14-15H2,1-4H3,(H,27,28)/p-1. The van der Waals surface area contributed by atoms with Gasteiger partial charge in [0, 0.05) is 35.3 Å². The second kappa shape index (κ2) is 8.58. The van der Waals surface area contributed by atoms with E-state index in [4.69, 9.17) is 4.99 Å². The summed E-state index contributed by atoms with van der Waals surface area (Å²) in [6.45, 7) is 11.8. The van der Waals surface area contributed by atoms with Crippen molar-refractivity contribution in [3.8, 4) is 0 Å². The van der Waals surface area contributed by atoms with Crippen molar-refractivity contribution in [3.63, 3.8) is 0 Å². The van der Waals surface area contributed by atoms with Gasteiger partial charge in [-0.15, -0.1) is 11.8 Å². The summed E-state index contributed by atoms with van der Waals surface area (Å²) in [5, 5.41) is 1.67. The number of rotatable bonds is 4. The Labute approximate surface area is 186 Å². The summed E-state index contributed by atoms with van der Waals surface area (Å²) >= 11 is -0.269. The summed E-state index contributed by atoms with van der Waals surface area (Å²) in [6, 6.07) is 14.7. The molecule has 0 aromatic heterocycles. The first-order chi connectivity index (χ1) is 14.2. The van der Waals surface area contributed by atoms with Crippen molar-refractivity contribution in [2.75, 3.05) is 6.54 Å². The Kier molecular flexibility index (Phi) is 6.22. The van der Waals surface area contributed by atoms with Gasteiger partial charge in [-0.3, -0.25) is 14.1 Å². The molecule has 0 bridgehead atoms. The van der Waals surface area contributed by atoms with E-state index in [1.54, 1.807) is 6.07 Å². The summed E-state index contributed by atoms with van der Waals surface area (Å²) in [5.74, 6) is 0. The minimum absolute atomic E-state index is 0.183. The van der Waals surface area contributed by atoms with Gasteiger partial charge in [0.2, 0.25) is 0 Å². The first-order valence-electron chi connectivity index (χ1n) is 10.5. The second-order valence-electron chi connectivity index (χ2n) is 9.39. The zero-order chi connectivity index (χ0) is 21.5. The molecule has 3 unspecified atom stereocenters. The van der Waals surface area contributed by atoms with Gasteiger partial charge in [-0.2, -0.15) is 0 Å². The van der Waals surface area contributed by atoms with Crippen LogP contribution in [0.1, 0.15) is 49.9 Å². The highest BCUT2D eigenvalue weighted by molar-refractivity contribution is 8.15. The van der Waals surface area contributed by atoms with Crippen LogP contribution in [0.3, 0.4) is 0 Å². The van der Waals surface area contributed by atoms with Crippen molar-refractivity contribution in [1.82, 2.24) is 4.90 Å². The zero-order valence-corrected chi connectivity index (χ0v) is 19.7. The van der Waals surface area contributed by atoms with E-state index in [1.165, 1.54) is 16.7 Å². The van der Waals surface area contributed by atoms with Gasteiger partial charge in [0.25, 0.3) is 0 Å². The molecule has 30 heavy (non-hydrogen) atoms. The van der Waals surface area contributed by atoms with E-state index in [-0.39, 0.29) is 5.41 Å². The van der Waals surface area contributed by atoms with Crippen LogP contribution in [0.25, 0.3) is 0 Å². The Morgan fingerprint density at radius 3 is 2.53 bits per heavy atom. The molecule has 4 nitrogen and oxygen atoms in total. The smallest absolute Gasteiger partial charge is 0.0984 e. The lowest BCUT2D eigenvalue weighted by atomic mass is 9.85. The molecule has 160 valence electrons. The molecule has 0 radical (unpaired) electrons. The molecule has 4 rings (SSSR count). The van der Waals surface area contributed by atoms with Gasteiger partial charge in [-0.25, -0.2) is 0 Å². The largest absolute Gasteiger partial charge is 0.768 e. The highest BCUT2D eigenvalue weighted by Gasteiger charge is 2.35. The van der Waals surface area contributed by atoms with E-state index in [1.807, 2.05) is 23.9 Å². The summed E-state index contributed by atoms with van der Waals surface area (Å²) < 4.78 is 22.4. The molecule has 2 aromatic rings. The maximum atomic E-state index is 11.2. The number of hydrogen-bond donors (Lipinski definition) is 0. The van der Waals surface area contributed by atoms with Gasteiger partial charge in [0.05, 0.1) is 11.1 Å². The molecule has 2 aromatic carbocycles. The number of thioether (sulfide) groups is 1. The van der Waals surface area contributed by atoms with Crippen molar-refractivity contribution in [2.45, 2.75) is 63.4 Å². The highest BCUT2D eigenvalue weighted by atomic mass is 32.2. The average Bonchev–Trinajstić information content (AvgIpc) is 3.10. The van der Waals surface area contributed by atoms with Gasteiger partial charge in [-0.1, -0.05) is 58.0 Å². The van der Waals surface area contributed by atoms with Gasteiger partial charge >= 0.3 is 0 Å². The van der Waals surface area contributed by atoms with Crippen molar-refractivity contribution >= 4 is 27.9 Å². The molecule has 2 aliphatic heterocycles. The Balaban J connectivity index is 1.42. The van der Waals surface area contributed by atoms with Crippen LogP contribution in [0.4, 0.5) is 0 Å². The summed E-state index contributed by atoms with van der Waals surface area (Å²) in [4.78, 5) is 7.83. The maximum absolute atomic E-state index is 11.2. The molecule has 3 atom stereocenters. The molecule has 0 saturated carbocycles. The fourth-order valence-corrected chi connectivity index (χ4v) is 6.19. The van der Waals surface area contributed by atoms with Crippen LogP contribution in [-0.2, 0) is 30.6 Å². The van der Waals surface area contributed by atoms with Crippen LogP contribution in [0.15, 0.2) is 52.4 Å². The van der Waals surface area contributed by atoms with Crippen molar-refractivity contribution < 1.29 is 8.76 Å². The van der Waals surface area contributed by atoms with Crippen molar-refractivity contribution in [3.05, 3.63) is 64.7 Å². The van der Waals surface area contributed by atoms with Crippen LogP contribution >= 0.6 is 11.8 Å².